The van der Waals surface area contributed by atoms with Crippen LogP contribution in [0.5, 0.6) is 0 Å². The van der Waals surface area contributed by atoms with Gasteiger partial charge in [0.15, 0.2) is 0 Å². The smallest absolute Gasteiger partial charge is 0.126 e. The third-order valence-corrected chi connectivity index (χ3v) is 3.54. The zero-order valence-electron chi connectivity index (χ0n) is 7.59. The zero-order valence-corrected chi connectivity index (χ0v) is 9.17. The average Bonchev–Trinajstić information content (AvgIpc) is 2.54. The fraction of sp³-hybridized carbons (Fsp3) is 0.400. The van der Waals surface area contributed by atoms with E-state index in [-0.39, 0.29) is 5.82 Å². The first-order chi connectivity index (χ1) is 6.74. The summed E-state index contributed by atoms with van der Waals surface area (Å²) >= 11 is 7.67. The molecule has 0 saturated carbocycles. The highest BCUT2D eigenvalue weighted by Crippen LogP contribution is 2.23. The fourth-order valence-corrected chi connectivity index (χ4v) is 2.90. The fourth-order valence-electron chi connectivity index (χ4n) is 1.52. The van der Waals surface area contributed by atoms with Crippen molar-refractivity contribution < 1.29 is 4.39 Å². The summed E-state index contributed by atoms with van der Waals surface area (Å²) in [6.45, 7) is 0. The molecule has 1 saturated heterocycles. The van der Waals surface area contributed by atoms with Gasteiger partial charge in [-0.05, 0) is 30.4 Å². The van der Waals surface area contributed by atoms with Crippen LogP contribution in [0, 0.1) is 5.82 Å². The summed E-state index contributed by atoms with van der Waals surface area (Å²) in [5, 5.41) is 3.72. The lowest BCUT2D eigenvalue weighted by Crippen LogP contribution is -2.17. The van der Waals surface area contributed by atoms with E-state index in [0.717, 1.165) is 17.9 Å². The largest absolute Gasteiger partial charge is 0.381 e. The Morgan fingerprint density at radius 3 is 2.93 bits per heavy atom. The highest BCUT2D eigenvalue weighted by atomic mass is 35.5. The highest BCUT2D eigenvalue weighted by Gasteiger charge is 2.15. The molecule has 4 heteroatoms. The maximum atomic E-state index is 13.0. The maximum absolute atomic E-state index is 13.0. The molecule has 1 heterocycles. The van der Waals surface area contributed by atoms with Crippen molar-refractivity contribution in [2.24, 2.45) is 0 Å². The van der Waals surface area contributed by atoms with Gasteiger partial charge in [0.1, 0.15) is 5.82 Å². The van der Waals surface area contributed by atoms with Crippen molar-refractivity contribution in [2.75, 3.05) is 16.8 Å². The van der Waals surface area contributed by atoms with E-state index in [0.29, 0.717) is 11.1 Å². The normalized spacial score (nSPS) is 21.1. The van der Waals surface area contributed by atoms with Gasteiger partial charge in [0, 0.05) is 22.5 Å². The number of thioether (sulfide) groups is 1. The van der Waals surface area contributed by atoms with Crippen LogP contribution >= 0.6 is 23.4 Å². The molecule has 0 aromatic heterocycles. The second-order valence-corrected chi connectivity index (χ2v) is 4.95. The molecule has 1 nitrogen and oxygen atoms in total. The number of rotatable bonds is 2. The summed E-state index contributed by atoms with van der Waals surface area (Å²) < 4.78 is 13.0. The predicted octanol–water partition coefficient (Wildman–Crippen LogP) is 3.40. The van der Waals surface area contributed by atoms with Gasteiger partial charge >= 0.3 is 0 Å². The Kier molecular flexibility index (Phi) is 3.19. The molecule has 1 fully saturated rings. The maximum Gasteiger partial charge on any atom is 0.126 e. The third-order valence-electron chi connectivity index (χ3n) is 2.16. The SMILES string of the molecule is Fc1cc(Cl)cc(NC2CCSC2)c1. The first-order valence-corrected chi connectivity index (χ1v) is 6.08. The van der Waals surface area contributed by atoms with Crippen molar-refractivity contribution in [2.45, 2.75) is 12.5 Å². The molecular formula is C10H11ClFNS. The molecule has 1 aliphatic heterocycles. The van der Waals surface area contributed by atoms with Crippen molar-refractivity contribution >= 4 is 29.1 Å². The Labute approximate surface area is 92.0 Å². The van der Waals surface area contributed by atoms with E-state index >= 15 is 0 Å². The van der Waals surface area contributed by atoms with E-state index in [1.165, 1.54) is 17.9 Å². The van der Waals surface area contributed by atoms with E-state index in [9.17, 15) is 4.39 Å². The lowest BCUT2D eigenvalue weighted by Gasteiger charge is -2.12. The molecule has 0 amide bonds. The van der Waals surface area contributed by atoms with Crippen molar-refractivity contribution in [1.82, 2.24) is 0 Å². The quantitative estimate of drug-likeness (QED) is 0.838. The topological polar surface area (TPSA) is 12.0 Å². The molecule has 0 bridgehead atoms. The highest BCUT2D eigenvalue weighted by molar-refractivity contribution is 7.99. The van der Waals surface area contributed by atoms with E-state index in [2.05, 4.69) is 5.32 Å². The van der Waals surface area contributed by atoms with Crippen LogP contribution in [0.4, 0.5) is 10.1 Å². The van der Waals surface area contributed by atoms with Crippen molar-refractivity contribution in [3.63, 3.8) is 0 Å². The molecule has 1 unspecified atom stereocenters. The van der Waals surface area contributed by atoms with Gasteiger partial charge in [-0.25, -0.2) is 4.39 Å². The van der Waals surface area contributed by atoms with Gasteiger partial charge in [0.2, 0.25) is 0 Å². The first kappa shape index (κ1) is 10.1. The summed E-state index contributed by atoms with van der Waals surface area (Å²) in [7, 11) is 0. The number of benzene rings is 1. The molecule has 0 spiro atoms. The van der Waals surface area contributed by atoms with Gasteiger partial charge in [-0.15, -0.1) is 0 Å². The molecule has 2 rings (SSSR count). The Balaban J connectivity index is 2.07. The molecule has 76 valence electrons. The molecule has 1 aromatic carbocycles. The van der Waals surface area contributed by atoms with Gasteiger partial charge in [-0.2, -0.15) is 11.8 Å². The number of hydrogen-bond donors (Lipinski definition) is 1. The molecule has 14 heavy (non-hydrogen) atoms. The summed E-state index contributed by atoms with van der Waals surface area (Å²) in [5.41, 5.74) is 0.780. The molecular weight excluding hydrogens is 221 g/mol. The average molecular weight is 232 g/mol. The Morgan fingerprint density at radius 2 is 2.29 bits per heavy atom. The number of halogens is 2. The minimum Gasteiger partial charge on any atom is -0.381 e. The molecule has 1 atom stereocenters. The number of nitrogens with one attached hydrogen (secondary N) is 1. The first-order valence-electron chi connectivity index (χ1n) is 4.54. The Morgan fingerprint density at radius 1 is 1.43 bits per heavy atom. The van der Waals surface area contributed by atoms with Crippen molar-refractivity contribution in [3.8, 4) is 0 Å². The summed E-state index contributed by atoms with van der Waals surface area (Å²) in [6, 6.07) is 5.01. The Bertz CT molecular complexity index is 306. The monoisotopic (exact) mass is 231 g/mol. The van der Waals surface area contributed by atoms with Gasteiger partial charge in [-0.1, -0.05) is 11.6 Å². The van der Waals surface area contributed by atoms with Gasteiger partial charge in [-0.3, -0.25) is 0 Å². The molecule has 1 aliphatic rings. The van der Waals surface area contributed by atoms with Gasteiger partial charge in [0.25, 0.3) is 0 Å². The lowest BCUT2D eigenvalue weighted by molar-refractivity contribution is 0.628. The van der Waals surface area contributed by atoms with Crippen LogP contribution in [0.2, 0.25) is 5.02 Å². The number of hydrogen-bond acceptors (Lipinski definition) is 2. The third kappa shape index (κ3) is 2.55. The summed E-state index contributed by atoms with van der Waals surface area (Å²) in [5.74, 6) is 1.99. The minimum atomic E-state index is -0.286. The van der Waals surface area contributed by atoms with Crippen LogP contribution in [0.1, 0.15) is 6.42 Å². The molecule has 0 radical (unpaired) electrons. The molecule has 0 aliphatic carbocycles. The van der Waals surface area contributed by atoms with E-state index in [1.807, 2.05) is 11.8 Å². The van der Waals surface area contributed by atoms with E-state index < -0.39 is 0 Å². The second-order valence-electron chi connectivity index (χ2n) is 3.36. The zero-order chi connectivity index (χ0) is 9.97. The van der Waals surface area contributed by atoms with Crippen LogP contribution in [-0.2, 0) is 0 Å². The van der Waals surface area contributed by atoms with Crippen molar-refractivity contribution in [3.05, 3.63) is 29.0 Å². The number of anilines is 1. The lowest BCUT2D eigenvalue weighted by atomic mass is 10.2. The second kappa shape index (κ2) is 4.41. The van der Waals surface area contributed by atoms with Gasteiger partial charge < -0.3 is 5.32 Å². The predicted molar refractivity (Wildman–Crippen MR) is 60.8 cm³/mol. The summed E-state index contributed by atoms with van der Waals surface area (Å²) in [6.07, 6.45) is 1.14. The Hall–Kier alpha value is -0.410. The van der Waals surface area contributed by atoms with Crippen LogP contribution in [-0.4, -0.2) is 17.5 Å². The van der Waals surface area contributed by atoms with E-state index in [4.69, 9.17) is 11.6 Å². The van der Waals surface area contributed by atoms with Crippen LogP contribution in [0.15, 0.2) is 18.2 Å². The van der Waals surface area contributed by atoms with Crippen LogP contribution in [0.3, 0.4) is 0 Å². The van der Waals surface area contributed by atoms with Crippen molar-refractivity contribution in [1.29, 1.82) is 0 Å². The van der Waals surface area contributed by atoms with Crippen LogP contribution < -0.4 is 5.32 Å². The van der Waals surface area contributed by atoms with Crippen LogP contribution in [0.25, 0.3) is 0 Å². The minimum absolute atomic E-state index is 0.286. The van der Waals surface area contributed by atoms with E-state index in [1.54, 1.807) is 6.07 Å². The standard InChI is InChI=1S/C10H11ClFNS/c11-7-3-8(12)5-10(4-7)13-9-1-2-14-6-9/h3-5,9,13H,1-2,6H2. The molecule has 1 N–H and O–H groups in total. The summed E-state index contributed by atoms with van der Waals surface area (Å²) in [4.78, 5) is 0. The van der Waals surface area contributed by atoms with Gasteiger partial charge in [0.05, 0.1) is 0 Å². The molecule has 1 aromatic rings.